The van der Waals surface area contributed by atoms with Gasteiger partial charge in [-0.15, -0.1) is 0 Å². The van der Waals surface area contributed by atoms with Crippen molar-refractivity contribution in [1.29, 1.82) is 0 Å². The Morgan fingerprint density at radius 2 is 1.86 bits per heavy atom. The Balaban J connectivity index is 1.71. The second-order valence-corrected chi connectivity index (χ2v) is 6.42. The topological polar surface area (TPSA) is 18.8 Å². The molecule has 2 heterocycles. The molecule has 21 heavy (non-hydrogen) atoms. The third-order valence-corrected chi connectivity index (χ3v) is 4.76. The van der Waals surface area contributed by atoms with Gasteiger partial charge in [-0.25, -0.2) is 5.01 Å². The van der Waals surface area contributed by atoms with Gasteiger partial charge in [0.1, 0.15) is 0 Å². The van der Waals surface area contributed by atoms with E-state index in [1.165, 1.54) is 25.7 Å². The number of nitrogens with zero attached hydrogens (tertiary/aromatic N) is 3. The van der Waals surface area contributed by atoms with Gasteiger partial charge < -0.3 is 4.90 Å². The molecule has 0 unspecified atom stereocenters. The molecule has 1 saturated heterocycles. The molecule has 0 radical (unpaired) electrons. The lowest BCUT2D eigenvalue weighted by molar-refractivity contribution is 0.358. The summed E-state index contributed by atoms with van der Waals surface area (Å²) in [6.07, 6.45) is 6.03. The van der Waals surface area contributed by atoms with Crippen LogP contribution in [0.4, 0.5) is 0 Å². The zero-order valence-corrected chi connectivity index (χ0v) is 13.7. The molecule has 3 rings (SSSR count). The molecule has 3 nitrogen and oxygen atoms in total. The lowest BCUT2D eigenvalue weighted by Gasteiger charge is -2.27. The molecule has 1 aromatic carbocycles. The van der Waals surface area contributed by atoms with Gasteiger partial charge in [-0.05, 0) is 42.8 Å². The van der Waals surface area contributed by atoms with E-state index >= 15 is 0 Å². The van der Waals surface area contributed by atoms with E-state index in [-0.39, 0.29) is 0 Å². The van der Waals surface area contributed by atoms with Gasteiger partial charge in [-0.1, -0.05) is 36.6 Å². The smallest absolute Gasteiger partial charge is 0.192 e. The summed E-state index contributed by atoms with van der Waals surface area (Å²) in [5.41, 5.74) is 2.18. The van der Waals surface area contributed by atoms with Gasteiger partial charge in [0.05, 0.1) is 5.71 Å². The third kappa shape index (κ3) is 3.55. The van der Waals surface area contributed by atoms with E-state index in [1.807, 2.05) is 23.2 Å². The summed E-state index contributed by atoms with van der Waals surface area (Å²) < 4.78 is 0. The normalized spacial score (nSPS) is 19.4. The molecule has 2 aliphatic rings. The van der Waals surface area contributed by atoms with Crippen LogP contribution < -0.4 is 0 Å². The number of hydrogen-bond donors (Lipinski definition) is 0. The standard InChI is InChI=1S/C16H20ClN3S/c17-14-7-5-6-13(12-14)15-8-11-20(18-15)16(21)19-9-3-1-2-4-10-19/h5-7,12H,1-4,8-11H2. The number of thiocarbonyl (C=S) groups is 1. The molecule has 1 aromatic rings. The van der Waals surface area contributed by atoms with Crippen molar-refractivity contribution in [3.05, 3.63) is 34.9 Å². The van der Waals surface area contributed by atoms with Gasteiger partial charge in [0.2, 0.25) is 0 Å². The minimum atomic E-state index is 0.753. The first-order chi connectivity index (χ1) is 10.2. The molecule has 0 amide bonds. The van der Waals surface area contributed by atoms with Gasteiger partial charge in [0, 0.05) is 31.1 Å². The maximum atomic E-state index is 6.06. The van der Waals surface area contributed by atoms with E-state index in [0.717, 1.165) is 47.5 Å². The van der Waals surface area contributed by atoms with Crippen LogP contribution in [0.5, 0.6) is 0 Å². The van der Waals surface area contributed by atoms with Crippen LogP contribution in [0.2, 0.25) is 5.02 Å². The molecule has 0 bridgehead atoms. The molecule has 1 fully saturated rings. The summed E-state index contributed by atoms with van der Waals surface area (Å²) in [6.45, 7) is 3.01. The van der Waals surface area contributed by atoms with Gasteiger partial charge in [0.15, 0.2) is 5.11 Å². The van der Waals surface area contributed by atoms with Crippen molar-refractivity contribution in [2.24, 2.45) is 5.10 Å². The van der Waals surface area contributed by atoms with Crippen molar-refractivity contribution in [2.45, 2.75) is 32.1 Å². The first-order valence-electron chi connectivity index (χ1n) is 7.64. The number of benzene rings is 1. The van der Waals surface area contributed by atoms with Gasteiger partial charge in [0.25, 0.3) is 0 Å². The molecule has 0 atom stereocenters. The second kappa shape index (κ2) is 6.75. The summed E-state index contributed by atoms with van der Waals surface area (Å²) >= 11 is 11.7. The quantitative estimate of drug-likeness (QED) is 0.731. The maximum absolute atomic E-state index is 6.06. The van der Waals surface area contributed by atoms with E-state index in [0.29, 0.717) is 0 Å². The molecule has 5 heteroatoms. The fourth-order valence-corrected chi connectivity index (χ4v) is 3.40. The van der Waals surface area contributed by atoms with Gasteiger partial charge in [-0.3, -0.25) is 0 Å². The van der Waals surface area contributed by atoms with E-state index < -0.39 is 0 Å². The molecule has 0 saturated carbocycles. The van der Waals surface area contributed by atoms with Crippen molar-refractivity contribution in [1.82, 2.24) is 9.91 Å². The Morgan fingerprint density at radius 3 is 2.57 bits per heavy atom. The van der Waals surface area contributed by atoms with Crippen molar-refractivity contribution < 1.29 is 0 Å². The number of halogens is 1. The zero-order valence-electron chi connectivity index (χ0n) is 12.1. The number of hydrogen-bond acceptors (Lipinski definition) is 2. The number of likely N-dealkylation sites (tertiary alicyclic amines) is 1. The Morgan fingerprint density at radius 1 is 1.10 bits per heavy atom. The Hall–Kier alpha value is -1.13. The fourth-order valence-electron chi connectivity index (χ4n) is 2.89. The van der Waals surface area contributed by atoms with E-state index in [1.54, 1.807) is 0 Å². The summed E-state index contributed by atoms with van der Waals surface area (Å²) in [6, 6.07) is 7.89. The monoisotopic (exact) mass is 321 g/mol. The Kier molecular flexibility index (Phi) is 4.76. The largest absolute Gasteiger partial charge is 0.348 e. The summed E-state index contributed by atoms with van der Waals surface area (Å²) in [7, 11) is 0. The minimum Gasteiger partial charge on any atom is -0.348 e. The van der Waals surface area contributed by atoms with Crippen LogP contribution in [0.1, 0.15) is 37.7 Å². The van der Waals surface area contributed by atoms with E-state index in [9.17, 15) is 0 Å². The van der Waals surface area contributed by atoms with Crippen molar-refractivity contribution in [3.63, 3.8) is 0 Å². The number of hydrazone groups is 1. The van der Waals surface area contributed by atoms with Crippen LogP contribution in [0.25, 0.3) is 0 Å². The highest BCUT2D eigenvalue weighted by Gasteiger charge is 2.23. The average Bonchev–Trinajstić information content (AvgIpc) is 2.82. The highest BCUT2D eigenvalue weighted by atomic mass is 35.5. The number of rotatable bonds is 1. The maximum Gasteiger partial charge on any atom is 0.192 e. The van der Waals surface area contributed by atoms with Crippen molar-refractivity contribution in [3.8, 4) is 0 Å². The highest BCUT2D eigenvalue weighted by Crippen LogP contribution is 2.20. The van der Waals surface area contributed by atoms with Gasteiger partial charge in [-0.2, -0.15) is 5.10 Å². The van der Waals surface area contributed by atoms with Crippen molar-refractivity contribution in [2.75, 3.05) is 19.6 Å². The molecule has 0 spiro atoms. The van der Waals surface area contributed by atoms with Crippen LogP contribution in [0, 0.1) is 0 Å². The first-order valence-corrected chi connectivity index (χ1v) is 8.42. The highest BCUT2D eigenvalue weighted by molar-refractivity contribution is 7.80. The minimum absolute atomic E-state index is 0.753. The van der Waals surface area contributed by atoms with Gasteiger partial charge >= 0.3 is 0 Å². The molecule has 0 N–H and O–H groups in total. The first kappa shape index (κ1) is 14.8. The third-order valence-electron chi connectivity index (χ3n) is 4.06. The Bertz CT molecular complexity index is 550. The summed E-state index contributed by atoms with van der Waals surface area (Å²) in [5, 5.41) is 8.33. The molecular formula is C16H20ClN3S. The van der Waals surface area contributed by atoms with Crippen molar-refractivity contribution >= 4 is 34.6 Å². The fraction of sp³-hybridized carbons (Fsp3) is 0.500. The molecule has 2 aliphatic heterocycles. The predicted octanol–water partition coefficient (Wildman–Crippen LogP) is 3.91. The molecule has 0 aromatic heterocycles. The predicted molar refractivity (Wildman–Crippen MR) is 92.0 cm³/mol. The van der Waals surface area contributed by atoms with E-state index in [2.05, 4.69) is 11.0 Å². The molecule has 0 aliphatic carbocycles. The molecule has 112 valence electrons. The summed E-state index contributed by atoms with van der Waals surface area (Å²) in [5.74, 6) is 0. The lowest BCUT2D eigenvalue weighted by Crippen LogP contribution is -2.40. The average molecular weight is 322 g/mol. The molecular weight excluding hydrogens is 302 g/mol. The summed E-state index contributed by atoms with van der Waals surface area (Å²) in [4.78, 5) is 2.31. The van der Waals surface area contributed by atoms with Crippen LogP contribution >= 0.6 is 23.8 Å². The van der Waals surface area contributed by atoms with Crippen LogP contribution in [0.15, 0.2) is 29.4 Å². The lowest BCUT2D eigenvalue weighted by atomic mass is 10.1. The zero-order chi connectivity index (χ0) is 14.7. The van der Waals surface area contributed by atoms with Crippen LogP contribution in [-0.4, -0.2) is 40.4 Å². The van der Waals surface area contributed by atoms with Crippen LogP contribution in [0.3, 0.4) is 0 Å². The van der Waals surface area contributed by atoms with E-state index in [4.69, 9.17) is 28.9 Å². The Labute approximate surface area is 136 Å². The second-order valence-electron chi connectivity index (χ2n) is 5.61. The SMILES string of the molecule is S=C(N1CCCCCC1)N1CCC(c2cccc(Cl)c2)=N1. The van der Waals surface area contributed by atoms with Crippen LogP contribution in [-0.2, 0) is 0 Å².